The maximum Gasteiger partial charge on any atom is 0.225 e. The molecule has 0 aromatic heterocycles. The monoisotopic (exact) mass is 187 g/mol. The predicted molar refractivity (Wildman–Crippen MR) is 46.6 cm³/mol. The maximum atomic E-state index is 12.5. The van der Waals surface area contributed by atoms with Crippen LogP contribution in [0.5, 0.6) is 0 Å². The van der Waals surface area contributed by atoms with Crippen LogP contribution < -0.4 is 0 Å². The molecule has 1 unspecified atom stereocenters. The van der Waals surface area contributed by atoms with Gasteiger partial charge in [-0.3, -0.25) is 4.79 Å². The number of ether oxygens (including phenoxy) is 1. The number of halogens is 1. The molecule has 1 fully saturated rings. The molecule has 1 heterocycles. The summed E-state index contributed by atoms with van der Waals surface area (Å²) in [5.74, 6) is -0.558. The van der Waals surface area contributed by atoms with Crippen molar-refractivity contribution in [3.63, 3.8) is 0 Å². The van der Waals surface area contributed by atoms with Crippen LogP contribution in [0.4, 0.5) is 4.39 Å². The fourth-order valence-electron chi connectivity index (χ4n) is 1.45. The van der Waals surface area contributed by atoms with Gasteiger partial charge in [-0.05, 0) is 6.92 Å². The van der Waals surface area contributed by atoms with Crippen LogP contribution in [0, 0.1) is 0 Å². The summed E-state index contributed by atoms with van der Waals surface area (Å²) in [7, 11) is 0. The number of hydrogen-bond donors (Lipinski definition) is 0. The number of rotatable bonds is 4. The van der Waals surface area contributed by atoms with E-state index in [9.17, 15) is 9.18 Å². The van der Waals surface area contributed by atoms with Gasteiger partial charge in [0.1, 0.15) is 12.1 Å². The molecule has 0 saturated carbocycles. The van der Waals surface area contributed by atoms with Crippen molar-refractivity contribution in [1.29, 1.82) is 0 Å². The molecule has 74 valence electrons. The average molecular weight is 187 g/mol. The fraction of sp³-hybridized carbons (Fsp3) is 0.667. The number of likely N-dealkylation sites (tertiary alicyclic amines) is 1. The van der Waals surface area contributed by atoms with Crippen LogP contribution in [0.15, 0.2) is 12.4 Å². The van der Waals surface area contributed by atoms with E-state index in [-0.39, 0.29) is 18.7 Å². The lowest BCUT2D eigenvalue weighted by Gasteiger charge is -2.23. The van der Waals surface area contributed by atoms with Gasteiger partial charge in [0.15, 0.2) is 0 Å². The van der Waals surface area contributed by atoms with Gasteiger partial charge in [-0.1, -0.05) is 6.58 Å². The van der Waals surface area contributed by atoms with E-state index in [0.717, 1.165) is 0 Å². The molecule has 0 aromatic carbocycles. The highest BCUT2D eigenvalue weighted by Crippen LogP contribution is 2.20. The van der Waals surface area contributed by atoms with E-state index < -0.39 is 5.83 Å². The summed E-state index contributed by atoms with van der Waals surface area (Å²) in [5.41, 5.74) is 0. The highest BCUT2D eigenvalue weighted by molar-refractivity contribution is 5.78. The van der Waals surface area contributed by atoms with Gasteiger partial charge in [-0.15, -0.1) is 0 Å². The molecule has 0 N–H and O–H groups in total. The average Bonchev–Trinajstić information content (AvgIpc) is 2.36. The first-order valence-electron chi connectivity index (χ1n) is 4.39. The Bertz CT molecular complexity index is 218. The van der Waals surface area contributed by atoms with Gasteiger partial charge in [0.25, 0.3) is 0 Å². The number of carbonyl (C=O) groups is 1. The highest BCUT2D eigenvalue weighted by Gasteiger charge is 2.31. The summed E-state index contributed by atoms with van der Waals surface area (Å²) in [4.78, 5) is 12.6. The molecule has 0 radical (unpaired) electrons. The Balaban J connectivity index is 2.54. The van der Waals surface area contributed by atoms with Crippen LogP contribution in [-0.2, 0) is 9.53 Å². The van der Waals surface area contributed by atoms with Crippen LogP contribution in [-0.4, -0.2) is 30.2 Å². The van der Waals surface area contributed by atoms with Crippen LogP contribution in [0.25, 0.3) is 0 Å². The number of hydrogen-bond acceptors (Lipinski definition) is 2. The smallest absolute Gasteiger partial charge is 0.225 e. The third-order valence-corrected chi connectivity index (χ3v) is 1.97. The Hall–Kier alpha value is -0.900. The first-order valence-corrected chi connectivity index (χ1v) is 4.39. The molecule has 1 amide bonds. The fourth-order valence-corrected chi connectivity index (χ4v) is 1.45. The summed E-state index contributed by atoms with van der Waals surface area (Å²) in [6, 6.07) is 0. The lowest BCUT2D eigenvalue weighted by molar-refractivity contribution is -0.135. The zero-order valence-corrected chi connectivity index (χ0v) is 7.75. The molecule has 0 bridgehead atoms. The number of amides is 1. The Morgan fingerprint density at radius 2 is 2.54 bits per heavy atom. The van der Waals surface area contributed by atoms with Crippen molar-refractivity contribution < 1.29 is 13.9 Å². The number of nitrogens with zero attached hydrogens (tertiary/aromatic N) is 1. The van der Waals surface area contributed by atoms with E-state index in [4.69, 9.17) is 4.74 Å². The summed E-state index contributed by atoms with van der Waals surface area (Å²) in [6.45, 7) is 5.48. The summed E-state index contributed by atoms with van der Waals surface area (Å²) in [5, 5.41) is 0. The van der Waals surface area contributed by atoms with Gasteiger partial charge in [-0.2, -0.15) is 0 Å². The van der Waals surface area contributed by atoms with Crippen LogP contribution in [0.1, 0.15) is 19.8 Å². The zero-order valence-electron chi connectivity index (χ0n) is 7.75. The molecular formula is C9H14FNO2. The van der Waals surface area contributed by atoms with Crippen molar-refractivity contribution in [3.8, 4) is 0 Å². The summed E-state index contributed by atoms with van der Waals surface area (Å²) in [6.07, 6.45) is 0.836. The van der Waals surface area contributed by atoms with Crippen LogP contribution in [0.2, 0.25) is 0 Å². The molecule has 3 nitrogen and oxygen atoms in total. The van der Waals surface area contributed by atoms with Gasteiger partial charge in [0.05, 0.1) is 6.54 Å². The Morgan fingerprint density at radius 3 is 3.08 bits per heavy atom. The van der Waals surface area contributed by atoms with E-state index in [1.54, 1.807) is 0 Å². The minimum Gasteiger partial charge on any atom is -0.359 e. The normalized spacial score (nSPS) is 22.5. The molecule has 1 saturated heterocycles. The second-order valence-electron chi connectivity index (χ2n) is 2.99. The first-order chi connectivity index (χ1) is 6.15. The van der Waals surface area contributed by atoms with E-state index in [1.807, 2.05) is 6.92 Å². The molecule has 1 rings (SSSR count). The third-order valence-electron chi connectivity index (χ3n) is 1.97. The van der Waals surface area contributed by atoms with Crippen LogP contribution in [0.3, 0.4) is 0 Å². The molecule has 0 aliphatic carbocycles. The second-order valence-corrected chi connectivity index (χ2v) is 2.99. The quantitative estimate of drug-likeness (QED) is 0.666. The highest BCUT2D eigenvalue weighted by atomic mass is 19.1. The van der Waals surface area contributed by atoms with Gasteiger partial charge >= 0.3 is 0 Å². The van der Waals surface area contributed by atoms with Crippen LogP contribution >= 0.6 is 0 Å². The van der Waals surface area contributed by atoms with Crippen molar-refractivity contribution in [2.75, 3.05) is 13.2 Å². The molecule has 1 aliphatic heterocycles. The van der Waals surface area contributed by atoms with Crippen molar-refractivity contribution in [3.05, 3.63) is 12.4 Å². The Labute approximate surface area is 77.2 Å². The topological polar surface area (TPSA) is 29.5 Å². The lowest BCUT2D eigenvalue weighted by atomic mass is 10.3. The van der Waals surface area contributed by atoms with Gasteiger partial charge in [0.2, 0.25) is 5.91 Å². The van der Waals surface area contributed by atoms with Crippen molar-refractivity contribution in [2.24, 2.45) is 0 Å². The maximum absolute atomic E-state index is 12.5. The SMILES string of the molecule is C=C(F)CN1C(=O)CCC1OCC. The van der Waals surface area contributed by atoms with E-state index in [1.165, 1.54) is 4.90 Å². The van der Waals surface area contributed by atoms with Gasteiger partial charge in [-0.25, -0.2) is 4.39 Å². The zero-order chi connectivity index (χ0) is 9.84. The Morgan fingerprint density at radius 1 is 1.85 bits per heavy atom. The van der Waals surface area contributed by atoms with E-state index in [2.05, 4.69) is 6.58 Å². The van der Waals surface area contributed by atoms with E-state index >= 15 is 0 Å². The van der Waals surface area contributed by atoms with E-state index in [0.29, 0.717) is 19.4 Å². The van der Waals surface area contributed by atoms with Crippen molar-refractivity contribution in [2.45, 2.75) is 26.0 Å². The molecular weight excluding hydrogens is 173 g/mol. The second kappa shape index (κ2) is 4.37. The van der Waals surface area contributed by atoms with Gasteiger partial charge in [0, 0.05) is 19.4 Å². The summed E-state index contributed by atoms with van der Waals surface area (Å²) < 4.78 is 17.8. The molecule has 1 atom stereocenters. The largest absolute Gasteiger partial charge is 0.359 e. The number of carbonyl (C=O) groups excluding carboxylic acids is 1. The minimum atomic E-state index is -0.500. The van der Waals surface area contributed by atoms with Gasteiger partial charge < -0.3 is 9.64 Å². The first kappa shape index (κ1) is 10.2. The molecule has 13 heavy (non-hydrogen) atoms. The third kappa shape index (κ3) is 2.52. The Kier molecular flexibility index (Phi) is 3.42. The van der Waals surface area contributed by atoms with Crippen molar-refractivity contribution in [1.82, 2.24) is 4.90 Å². The van der Waals surface area contributed by atoms with Crippen molar-refractivity contribution >= 4 is 5.91 Å². The molecule has 4 heteroatoms. The molecule has 0 aromatic rings. The summed E-state index contributed by atoms with van der Waals surface area (Å²) >= 11 is 0. The molecule has 1 aliphatic rings. The standard InChI is InChI=1S/C9H14FNO2/c1-3-13-9-5-4-8(12)11(9)6-7(2)10/h9H,2-6H2,1H3. The predicted octanol–water partition coefficient (Wildman–Crippen LogP) is 1.45. The molecule has 0 spiro atoms. The lowest BCUT2D eigenvalue weighted by Crippen LogP contribution is -2.35. The minimum absolute atomic E-state index is 0.0382.